The minimum Gasteiger partial charge on any atom is -0.378 e. The molecule has 0 bridgehead atoms. The number of aromatic nitrogens is 4. The molecule has 0 aromatic carbocycles. The first kappa shape index (κ1) is 13.4. The first-order chi connectivity index (χ1) is 10.8. The molecule has 1 atom stereocenters. The zero-order chi connectivity index (χ0) is 14.9. The molecule has 2 fully saturated rings. The Hall–Kier alpha value is -2.22. The van der Waals surface area contributed by atoms with Gasteiger partial charge in [-0.15, -0.1) is 15.3 Å². The molecule has 116 valence electrons. The van der Waals surface area contributed by atoms with Crippen molar-refractivity contribution in [2.45, 2.75) is 6.42 Å². The van der Waals surface area contributed by atoms with Crippen LogP contribution in [0.2, 0.25) is 0 Å². The van der Waals surface area contributed by atoms with Gasteiger partial charge >= 0.3 is 0 Å². The van der Waals surface area contributed by atoms with Crippen LogP contribution in [0.25, 0.3) is 5.65 Å². The van der Waals surface area contributed by atoms with E-state index in [9.17, 15) is 4.79 Å². The number of nitrogens with zero attached hydrogens (tertiary/aromatic N) is 6. The van der Waals surface area contributed by atoms with Crippen molar-refractivity contribution in [3.05, 3.63) is 18.5 Å². The SMILES string of the molecule is O=C(C1CCN(c2ccc3nncn3n2)C1)N1CCOCC1. The number of carbonyl (C=O) groups excluding carboxylic acids is 1. The van der Waals surface area contributed by atoms with Crippen LogP contribution in [0.15, 0.2) is 18.5 Å². The smallest absolute Gasteiger partial charge is 0.227 e. The van der Waals surface area contributed by atoms with Gasteiger partial charge in [-0.1, -0.05) is 0 Å². The first-order valence-electron chi connectivity index (χ1n) is 7.60. The van der Waals surface area contributed by atoms with Gasteiger partial charge in [0.05, 0.1) is 19.1 Å². The van der Waals surface area contributed by atoms with Crippen molar-refractivity contribution in [1.82, 2.24) is 24.7 Å². The Kier molecular flexibility index (Phi) is 3.38. The molecular weight excluding hydrogens is 284 g/mol. The third-order valence-electron chi connectivity index (χ3n) is 4.33. The molecule has 4 rings (SSSR count). The molecule has 2 aromatic heterocycles. The standard InChI is InChI=1S/C14H18N6O2/c21-14(18-5-7-22-8-6-18)11-3-4-19(9-11)13-2-1-12-16-15-10-20(12)17-13/h1-2,10-11H,3-9H2. The molecule has 2 aliphatic rings. The fraction of sp³-hybridized carbons (Fsp3) is 0.571. The Labute approximate surface area is 127 Å². The van der Waals surface area contributed by atoms with E-state index in [1.165, 1.54) is 0 Å². The van der Waals surface area contributed by atoms with Gasteiger partial charge in [-0.3, -0.25) is 4.79 Å². The maximum Gasteiger partial charge on any atom is 0.227 e. The van der Waals surface area contributed by atoms with Crippen LogP contribution in [-0.2, 0) is 9.53 Å². The van der Waals surface area contributed by atoms with Gasteiger partial charge in [-0.25, -0.2) is 0 Å². The fourth-order valence-corrected chi connectivity index (χ4v) is 3.10. The van der Waals surface area contributed by atoms with Gasteiger partial charge in [0, 0.05) is 26.2 Å². The third kappa shape index (κ3) is 2.39. The summed E-state index contributed by atoms with van der Waals surface area (Å²) in [5.74, 6) is 1.16. The highest BCUT2D eigenvalue weighted by atomic mass is 16.5. The molecule has 2 aliphatic heterocycles. The summed E-state index contributed by atoms with van der Waals surface area (Å²) in [6.07, 6.45) is 2.46. The van der Waals surface area contributed by atoms with Crippen LogP contribution in [-0.4, -0.2) is 70.0 Å². The predicted molar refractivity (Wildman–Crippen MR) is 78.5 cm³/mol. The van der Waals surface area contributed by atoms with Crippen LogP contribution >= 0.6 is 0 Å². The Morgan fingerprint density at radius 1 is 1.23 bits per heavy atom. The van der Waals surface area contributed by atoms with Gasteiger partial charge in [0.1, 0.15) is 12.1 Å². The summed E-state index contributed by atoms with van der Waals surface area (Å²) in [4.78, 5) is 16.6. The second kappa shape index (κ2) is 5.53. The lowest BCUT2D eigenvalue weighted by atomic mass is 10.1. The molecule has 1 amide bonds. The third-order valence-corrected chi connectivity index (χ3v) is 4.33. The highest BCUT2D eigenvalue weighted by Crippen LogP contribution is 2.24. The molecule has 0 N–H and O–H groups in total. The Balaban J connectivity index is 1.46. The van der Waals surface area contributed by atoms with E-state index in [1.807, 2.05) is 17.0 Å². The molecule has 2 saturated heterocycles. The average Bonchev–Trinajstić information content (AvgIpc) is 3.23. The molecule has 8 heteroatoms. The summed E-state index contributed by atoms with van der Waals surface area (Å²) < 4.78 is 6.97. The summed E-state index contributed by atoms with van der Waals surface area (Å²) in [7, 11) is 0. The molecule has 2 aromatic rings. The lowest BCUT2D eigenvalue weighted by Crippen LogP contribution is -2.44. The summed E-state index contributed by atoms with van der Waals surface area (Å²) in [6.45, 7) is 4.28. The highest BCUT2D eigenvalue weighted by molar-refractivity contribution is 5.80. The van der Waals surface area contributed by atoms with E-state index >= 15 is 0 Å². The molecule has 22 heavy (non-hydrogen) atoms. The first-order valence-corrected chi connectivity index (χ1v) is 7.60. The van der Waals surface area contributed by atoms with Crippen LogP contribution in [0.1, 0.15) is 6.42 Å². The van der Waals surface area contributed by atoms with Crippen molar-refractivity contribution < 1.29 is 9.53 Å². The van der Waals surface area contributed by atoms with Gasteiger partial charge < -0.3 is 14.5 Å². The summed E-state index contributed by atoms with van der Waals surface area (Å²) in [6, 6.07) is 3.83. The van der Waals surface area contributed by atoms with Crippen LogP contribution in [0.3, 0.4) is 0 Å². The van der Waals surface area contributed by atoms with Crippen LogP contribution in [0, 0.1) is 5.92 Å². The van der Waals surface area contributed by atoms with Crippen molar-refractivity contribution in [3.8, 4) is 0 Å². The van der Waals surface area contributed by atoms with Crippen molar-refractivity contribution in [3.63, 3.8) is 0 Å². The number of rotatable bonds is 2. The minimum absolute atomic E-state index is 0.0523. The second-order valence-corrected chi connectivity index (χ2v) is 5.69. The van der Waals surface area contributed by atoms with E-state index in [0.29, 0.717) is 26.3 Å². The van der Waals surface area contributed by atoms with Crippen molar-refractivity contribution in [1.29, 1.82) is 0 Å². The lowest BCUT2D eigenvalue weighted by molar-refractivity contribution is -0.138. The average molecular weight is 302 g/mol. The van der Waals surface area contributed by atoms with Gasteiger partial charge in [-0.2, -0.15) is 4.52 Å². The largest absolute Gasteiger partial charge is 0.378 e. The topological polar surface area (TPSA) is 75.9 Å². The van der Waals surface area contributed by atoms with Crippen LogP contribution in [0.4, 0.5) is 5.82 Å². The Morgan fingerprint density at radius 2 is 2.09 bits per heavy atom. The van der Waals surface area contributed by atoms with Crippen LogP contribution < -0.4 is 4.90 Å². The zero-order valence-electron chi connectivity index (χ0n) is 12.3. The number of morpholine rings is 1. The number of fused-ring (bicyclic) bond motifs is 1. The van der Waals surface area contributed by atoms with E-state index in [2.05, 4.69) is 20.2 Å². The summed E-state index contributed by atoms with van der Waals surface area (Å²) >= 11 is 0. The molecule has 0 spiro atoms. The second-order valence-electron chi connectivity index (χ2n) is 5.69. The van der Waals surface area contributed by atoms with E-state index in [1.54, 1.807) is 10.8 Å². The summed E-state index contributed by atoms with van der Waals surface area (Å²) in [5.41, 5.74) is 0.726. The predicted octanol–water partition coefficient (Wildman–Crippen LogP) is -0.191. The molecule has 8 nitrogen and oxygen atoms in total. The Bertz CT molecular complexity index is 681. The molecule has 1 unspecified atom stereocenters. The van der Waals surface area contributed by atoms with E-state index < -0.39 is 0 Å². The highest BCUT2D eigenvalue weighted by Gasteiger charge is 2.32. The number of ether oxygens (including phenoxy) is 1. The monoisotopic (exact) mass is 302 g/mol. The van der Waals surface area contributed by atoms with Gasteiger partial charge in [0.15, 0.2) is 5.65 Å². The zero-order valence-corrected chi connectivity index (χ0v) is 12.3. The fourth-order valence-electron chi connectivity index (χ4n) is 3.10. The normalized spacial score (nSPS) is 22.5. The number of carbonyl (C=O) groups is 1. The van der Waals surface area contributed by atoms with Crippen molar-refractivity contribution in [2.24, 2.45) is 5.92 Å². The molecule has 4 heterocycles. The van der Waals surface area contributed by atoms with E-state index in [4.69, 9.17) is 4.74 Å². The number of hydrogen-bond acceptors (Lipinski definition) is 6. The lowest BCUT2D eigenvalue weighted by Gasteiger charge is -2.29. The molecule has 0 aliphatic carbocycles. The molecule has 0 radical (unpaired) electrons. The minimum atomic E-state index is 0.0523. The molecular formula is C14H18N6O2. The number of anilines is 1. The van der Waals surface area contributed by atoms with Crippen molar-refractivity contribution in [2.75, 3.05) is 44.3 Å². The van der Waals surface area contributed by atoms with Gasteiger partial charge in [0.2, 0.25) is 5.91 Å². The van der Waals surface area contributed by atoms with Crippen LogP contribution in [0.5, 0.6) is 0 Å². The summed E-state index contributed by atoms with van der Waals surface area (Å²) in [5, 5.41) is 12.3. The van der Waals surface area contributed by atoms with Gasteiger partial charge in [-0.05, 0) is 18.6 Å². The number of hydrogen-bond donors (Lipinski definition) is 0. The quantitative estimate of drug-likeness (QED) is 0.765. The van der Waals surface area contributed by atoms with Crippen molar-refractivity contribution >= 4 is 17.4 Å². The number of amides is 1. The Morgan fingerprint density at radius 3 is 2.95 bits per heavy atom. The molecule has 0 saturated carbocycles. The maximum atomic E-state index is 12.5. The van der Waals surface area contributed by atoms with E-state index in [-0.39, 0.29) is 11.8 Å². The maximum absolute atomic E-state index is 12.5. The van der Waals surface area contributed by atoms with E-state index in [0.717, 1.165) is 31.0 Å². The van der Waals surface area contributed by atoms with Gasteiger partial charge in [0.25, 0.3) is 0 Å².